The number of nitrogens with zero attached hydrogens (tertiary/aromatic N) is 3. The molecule has 0 amide bonds. The molecule has 30 heavy (non-hydrogen) atoms. The Balaban J connectivity index is 2.14. The van der Waals surface area contributed by atoms with E-state index in [-0.39, 0.29) is 28.1 Å². The van der Waals surface area contributed by atoms with E-state index in [1.54, 1.807) is 0 Å². The zero-order valence-corrected chi connectivity index (χ0v) is 15.3. The summed E-state index contributed by atoms with van der Waals surface area (Å²) >= 11 is 0. The van der Waals surface area contributed by atoms with Gasteiger partial charge in [-0.2, -0.15) is 18.3 Å². The van der Waals surface area contributed by atoms with E-state index in [1.807, 2.05) is 0 Å². The number of ether oxygens (including phenoxy) is 1. The van der Waals surface area contributed by atoms with Crippen molar-refractivity contribution >= 4 is 5.97 Å². The van der Waals surface area contributed by atoms with E-state index >= 15 is 0 Å². The van der Waals surface area contributed by atoms with Crippen LogP contribution in [0.25, 0.3) is 22.4 Å². The molecular weight excluding hydrogens is 413 g/mol. The van der Waals surface area contributed by atoms with Crippen LogP contribution in [-0.4, -0.2) is 39.1 Å². The van der Waals surface area contributed by atoms with Crippen molar-refractivity contribution in [3.63, 3.8) is 0 Å². The van der Waals surface area contributed by atoms with Crippen LogP contribution >= 0.6 is 0 Å². The van der Waals surface area contributed by atoms with Gasteiger partial charge < -0.3 is 9.84 Å². The minimum absolute atomic E-state index is 0.0338. The molecule has 3 aromatic rings. The van der Waals surface area contributed by atoms with Gasteiger partial charge in [-0.05, 0) is 24.3 Å². The van der Waals surface area contributed by atoms with Crippen LogP contribution < -0.4 is 4.74 Å². The summed E-state index contributed by atoms with van der Waals surface area (Å²) < 4.78 is 69.7. The van der Waals surface area contributed by atoms with Crippen molar-refractivity contribution in [1.82, 2.24) is 14.8 Å². The van der Waals surface area contributed by atoms with Gasteiger partial charge in [-0.25, -0.2) is 13.6 Å². The van der Waals surface area contributed by atoms with Gasteiger partial charge in [0.1, 0.15) is 18.0 Å². The normalized spacial score (nSPS) is 11.7. The summed E-state index contributed by atoms with van der Waals surface area (Å²) in [7, 11) is 1.27. The number of aromatic nitrogens is 3. The number of benzene rings is 1. The van der Waals surface area contributed by atoms with Gasteiger partial charge >= 0.3 is 12.1 Å². The summed E-state index contributed by atoms with van der Waals surface area (Å²) in [6, 6.07) is 6.28. The number of alkyl halides is 5. The Bertz CT molecular complexity index is 1080. The van der Waals surface area contributed by atoms with Crippen LogP contribution in [0.2, 0.25) is 0 Å². The molecule has 2 heterocycles. The lowest BCUT2D eigenvalue weighted by Gasteiger charge is -2.13. The molecule has 0 aliphatic rings. The Morgan fingerprint density at radius 1 is 1.20 bits per heavy atom. The van der Waals surface area contributed by atoms with Crippen LogP contribution in [0.5, 0.6) is 5.75 Å². The quantitative estimate of drug-likeness (QED) is 0.571. The number of carbonyl (C=O) groups is 1. The van der Waals surface area contributed by atoms with Gasteiger partial charge in [-0.15, -0.1) is 0 Å². The van der Waals surface area contributed by atoms with E-state index in [0.717, 1.165) is 18.5 Å². The first-order chi connectivity index (χ1) is 14.1. The molecule has 11 heteroatoms. The molecule has 0 bridgehead atoms. The lowest BCUT2D eigenvalue weighted by Crippen LogP contribution is -2.17. The van der Waals surface area contributed by atoms with Crippen molar-refractivity contribution in [3.05, 3.63) is 54.0 Å². The van der Waals surface area contributed by atoms with Crippen LogP contribution in [0, 0.1) is 0 Å². The standard InChI is InChI=1S/C19H14F5N3O3/c1-30-16-8-25-15(17(20)21)7-13(16)12-6-10(2-3-11(12)18(28)29)14-4-5-27(26-14)9-19(22,23)24/h2-8,17H,9H2,1H3,(H,28,29). The minimum Gasteiger partial charge on any atom is -0.494 e. The second-order valence-corrected chi connectivity index (χ2v) is 6.19. The molecule has 0 spiro atoms. The van der Waals surface area contributed by atoms with Gasteiger partial charge in [0.05, 0.1) is 24.6 Å². The maximum Gasteiger partial charge on any atom is 0.408 e. The van der Waals surface area contributed by atoms with E-state index < -0.39 is 30.8 Å². The molecule has 0 saturated heterocycles. The summed E-state index contributed by atoms with van der Waals surface area (Å²) in [5, 5.41) is 13.4. The maximum absolute atomic E-state index is 13.1. The fraction of sp³-hybridized carbons (Fsp3) is 0.211. The SMILES string of the molecule is COc1cnc(C(F)F)cc1-c1cc(-c2ccn(CC(F)(F)F)n2)ccc1C(=O)O. The zero-order chi connectivity index (χ0) is 22.1. The third kappa shape index (κ3) is 4.56. The predicted molar refractivity (Wildman–Crippen MR) is 95.4 cm³/mol. The van der Waals surface area contributed by atoms with Crippen LogP contribution in [0.15, 0.2) is 42.7 Å². The molecule has 0 radical (unpaired) electrons. The Hall–Kier alpha value is -3.50. The third-order valence-corrected chi connectivity index (χ3v) is 4.15. The van der Waals surface area contributed by atoms with Crippen LogP contribution in [-0.2, 0) is 6.54 Å². The van der Waals surface area contributed by atoms with Crippen molar-refractivity contribution in [3.8, 4) is 28.1 Å². The van der Waals surface area contributed by atoms with E-state index in [9.17, 15) is 31.9 Å². The highest BCUT2D eigenvalue weighted by Gasteiger charge is 2.28. The number of aromatic carboxylic acids is 1. The Labute approximate surface area is 166 Å². The summed E-state index contributed by atoms with van der Waals surface area (Å²) in [4.78, 5) is 15.3. The highest BCUT2D eigenvalue weighted by atomic mass is 19.4. The predicted octanol–water partition coefficient (Wildman–Crippen LogP) is 4.82. The number of carboxylic acid groups (broad SMARTS) is 1. The third-order valence-electron chi connectivity index (χ3n) is 4.15. The fourth-order valence-electron chi connectivity index (χ4n) is 2.85. The van der Waals surface area contributed by atoms with E-state index in [1.165, 1.54) is 31.4 Å². The monoisotopic (exact) mass is 427 g/mol. The minimum atomic E-state index is -4.46. The topological polar surface area (TPSA) is 77.2 Å². The van der Waals surface area contributed by atoms with Gasteiger partial charge in [0.2, 0.25) is 0 Å². The molecule has 1 N–H and O–H groups in total. The zero-order valence-electron chi connectivity index (χ0n) is 15.3. The van der Waals surface area contributed by atoms with Crippen LogP contribution in [0.3, 0.4) is 0 Å². The number of pyridine rings is 1. The van der Waals surface area contributed by atoms with Crippen LogP contribution in [0.1, 0.15) is 22.5 Å². The lowest BCUT2D eigenvalue weighted by molar-refractivity contribution is -0.142. The summed E-state index contributed by atoms with van der Waals surface area (Å²) in [5.74, 6) is -1.27. The van der Waals surface area contributed by atoms with Crippen molar-refractivity contribution < 1.29 is 36.6 Å². The molecule has 2 aromatic heterocycles. The molecule has 0 aliphatic carbocycles. The first kappa shape index (κ1) is 21.2. The van der Waals surface area contributed by atoms with Gasteiger partial charge in [-0.1, -0.05) is 6.07 Å². The molecule has 1 aromatic carbocycles. The second kappa shape index (κ2) is 8.09. The Morgan fingerprint density at radius 3 is 2.53 bits per heavy atom. The van der Waals surface area contributed by atoms with Crippen molar-refractivity contribution in [1.29, 1.82) is 0 Å². The first-order valence-electron chi connectivity index (χ1n) is 8.39. The summed E-state index contributed by atoms with van der Waals surface area (Å²) in [6.45, 7) is -1.29. The Kier molecular flexibility index (Phi) is 5.72. The largest absolute Gasteiger partial charge is 0.494 e. The Morgan fingerprint density at radius 2 is 1.93 bits per heavy atom. The summed E-state index contributed by atoms with van der Waals surface area (Å²) in [5.41, 5.74) is -0.253. The maximum atomic E-state index is 13.1. The van der Waals surface area contributed by atoms with Gasteiger partial charge in [-0.3, -0.25) is 9.67 Å². The van der Waals surface area contributed by atoms with E-state index in [4.69, 9.17) is 4.74 Å². The fourth-order valence-corrected chi connectivity index (χ4v) is 2.85. The number of rotatable bonds is 6. The molecule has 0 saturated carbocycles. The highest BCUT2D eigenvalue weighted by molar-refractivity contribution is 5.98. The summed E-state index contributed by atoms with van der Waals surface area (Å²) in [6.07, 6.45) is -5.18. The number of carboxylic acids is 1. The van der Waals surface area contributed by atoms with E-state index in [2.05, 4.69) is 10.1 Å². The number of hydrogen-bond acceptors (Lipinski definition) is 4. The number of halogens is 5. The molecule has 0 unspecified atom stereocenters. The second-order valence-electron chi connectivity index (χ2n) is 6.19. The highest BCUT2D eigenvalue weighted by Crippen LogP contribution is 2.36. The lowest BCUT2D eigenvalue weighted by atomic mass is 9.95. The smallest absolute Gasteiger partial charge is 0.408 e. The van der Waals surface area contributed by atoms with Crippen molar-refractivity contribution in [2.24, 2.45) is 0 Å². The van der Waals surface area contributed by atoms with Crippen molar-refractivity contribution in [2.75, 3.05) is 7.11 Å². The molecule has 0 atom stereocenters. The van der Waals surface area contributed by atoms with Crippen molar-refractivity contribution in [2.45, 2.75) is 19.1 Å². The van der Waals surface area contributed by atoms with Gasteiger partial charge in [0, 0.05) is 22.9 Å². The number of hydrogen-bond donors (Lipinski definition) is 1. The molecule has 6 nitrogen and oxygen atoms in total. The average Bonchev–Trinajstić information content (AvgIpc) is 3.13. The molecule has 3 rings (SSSR count). The molecule has 158 valence electrons. The molecule has 0 fully saturated rings. The average molecular weight is 427 g/mol. The van der Waals surface area contributed by atoms with Gasteiger partial charge in [0.15, 0.2) is 0 Å². The molecular formula is C19H14F5N3O3. The number of methoxy groups -OCH3 is 1. The van der Waals surface area contributed by atoms with Gasteiger partial charge in [0.25, 0.3) is 6.43 Å². The van der Waals surface area contributed by atoms with Crippen LogP contribution in [0.4, 0.5) is 22.0 Å². The first-order valence-corrected chi connectivity index (χ1v) is 8.39. The molecule has 0 aliphatic heterocycles. The van der Waals surface area contributed by atoms with E-state index in [0.29, 0.717) is 10.2 Å².